The third-order valence-corrected chi connectivity index (χ3v) is 7.32. The Balaban J connectivity index is 1.53. The second-order valence-electron chi connectivity index (χ2n) is 9.11. The van der Waals surface area contributed by atoms with E-state index in [1.54, 1.807) is 0 Å². The maximum Gasteiger partial charge on any atom is 0.136 e. The first-order chi connectivity index (χ1) is 16.8. The van der Waals surface area contributed by atoms with Gasteiger partial charge in [0.05, 0.1) is 0 Å². The molecular formula is C30H16N2O2. The van der Waals surface area contributed by atoms with Crippen LogP contribution in [0.25, 0.3) is 87.5 Å². The first-order valence-corrected chi connectivity index (χ1v) is 11.4. The maximum absolute atomic E-state index is 6.18. The lowest BCUT2D eigenvalue weighted by molar-refractivity contribution is 0.669. The van der Waals surface area contributed by atoms with Crippen molar-refractivity contribution in [3.8, 4) is 0 Å². The van der Waals surface area contributed by atoms with Gasteiger partial charge in [-0.15, -0.1) is 0 Å². The van der Waals surface area contributed by atoms with Gasteiger partial charge in [0.15, 0.2) is 0 Å². The van der Waals surface area contributed by atoms with Crippen molar-refractivity contribution < 1.29 is 8.83 Å². The summed E-state index contributed by atoms with van der Waals surface area (Å²) >= 11 is 0. The van der Waals surface area contributed by atoms with E-state index in [0.717, 1.165) is 65.9 Å². The SMILES string of the molecule is c1ccc2c(c1)oc1ccc3[nH]c4cc5[nH]c6ccc7oc8ccccc8c7c6c5cc4c3c12. The van der Waals surface area contributed by atoms with Gasteiger partial charge >= 0.3 is 0 Å². The maximum atomic E-state index is 6.18. The van der Waals surface area contributed by atoms with Gasteiger partial charge in [0.2, 0.25) is 0 Å². The van der Waals surface area contributed by atoms with Crippen LogP contribution in [0.3, 0.4) is 0 Å². The van der Waals surface area contributed by atoms with Gasteiger partial charge in [-0.1, -0.05) is 36.4 Å². The van der Waals surface area contributed by atoms with Crippen molar-refractivity contribution in [3.63, 3.8) is 0 Å². The fourth-order valence-electron chi connectivity index (χ4n) is 5.91. The van der Waals surface area contributed by atoms with Crippen LogP contribution in [0.15, 0.2) is 93.8 Å². The third kappa shape index (κ3) is 1.92. The molecule has 0 aliphatic carbocycles. The number of benzene rings is 5. The minimum Gasteiger partial charge on any atom is -0.456 e. The Morgan fingerprint density at radius 1 is 0.382 bits per heavy atom. The normalized spacial score (nSPS) is 12.7. The van der Waals surface area contributed by atoms with Crippen LogP contribution in [0.5, 0.6) is 0 Å². The molecule has 4 nitrogen and oxygen atoms in total. The van der Waals surface area contributed by atoms with Crippen molar-refractivity contribution in [2.24, 2.45) is 0 Å². The molecule has 2 N–H and O–H groups in total. The first kappa shape index (κ1) is 16.9. The van der Waals surface area contributed by atoms with E-state index in [-0.39, 0.29) is 0 Å². The molecule has 0 aliphatic heterocycles. The van der Waals surface area contributed by atoms with E-state index in [1.165, 1.54) is 21.5 Å². The average Bonchev–Trinajstić information content (AvgIpc) is 3.60. The smallest absolute Gasteiger partial charge is 0.136 e. The van der Waals surface area contributed by atoms with E-state index in [9.17, 15) is 0 Å². The Labute approximate surface area is 191 Å². The lowest BCUT2D eigenvalue weighted by Crippen LogP contribution is -1.73. The number of rotatable bonds is 0. The number of aromatic nitrogens is 2. The quantitative estimate of drug-likeness (QED) is 0.250. The van der Waals surface area contributed by atoms with Gasteiger partial charge in [-0.05, 0) is 48.5 Å². The molecule has 9 rings (SSSR count). The van der Waals surface area contributed by atoms with Crippen LogP contribution in [0.1, 0.15) is 0 Å². The summed E-state index contributed by atoms with van der Waals surface area (Å²) in [5.74, 6) is 0. The second-order valence-corrected chi connectivity index (χ2v) is 9.11. The Kier molecular flexibility index (Phi) is 2.78. The number of aromatic amines is 2. The highest BCUT2D eigenvalue weighted by atomic mass is 16.3. The molecule has 0 unspecified atom stereocenters. The van der Waals surface area contributed by atoms with Crippen molar-refractivity contribution in [1.82, 2.24) is 9.97 Å². The summed E-state index contributed by atoms with van der Waals surface area (Å²) < 4.78 is 12.4. The lowest BCUT2D eigenvalue weighted by atomic mass is 10.0. The molecule has 158 valence electrons. The van der Waals surface area contributed by atoms with Gasteiger partial charge in [0, 0.05) is 65.2 Å². The summed E-state index contributed by atoms with van der Waals surface area (Å²) in [5.41, 5.74) is 8.11. The monoisotopic (exact) mass is 436 g/mol. The highest BCUT2D eigenvalue weighted by Gasteiger charge is 2.18. The largest absolute Gasteiger partial charge is 0.456 e. The summed E-state index contributed by atoms with van der Waals surface area (Å²) in [6, 6.07) is 29.5. The average molecular weight is 436 g/mol. The van der Waals surface area contributed by atoms with E-state index in [2.05, 4.69) is 70.6 Å². The molecule has 0 atom stereocenters. The molecule has 0 bridgehead atoms. The molecule has 0 fully saturated rings. The van der Waals surface area contributed by atoms with Crippen LogP contribution in [-0.2, 0) is 0 Å². The second kappa shape index (κ2) is 5.61. The van der Waals surface area contributed by atoms with Crippen LogP contribution < -0.4 is 0 Å². The zero-order chi connectivity index (χ0) is 22.0. The minimum atomic E-state index is 0.914. The summed E-state index contributed by atoms with van der Waals surface area (Å²) in [4.78, 5) is 7.29. The van der Waals surface area contributed by atoms with Gasteiger partial charge in [-0.25, -0.2) is 0 Å². The summed E-state index contributed by atoms with van der Waals surface area (Å²) in [6.07, 6.45) is 0. The molecule has 0 spiro atoms. The van der Waals surface area contributed by atoms with Gasteiger partial charge in [-0.2, -0.15) is 0 Å². The first-order valence-electron chi connectivity index (χ1n) is 11.4. The predicted molar refractivity (Wildman–Crippen MR) is 140 cm³/mol. The van der Waals surface area contributed by atoms with Gasteiger partial charge in [0.25, 0.3) is 0 Å². The molecule has 4 aromatic heterocycles. The fraction of sp³-hybridized carbons (Fsp3) is 0. The van der Waals surface area contributed by atoms with Crippen molar-refractivity contribution in [1.29, 1.82) is 0 Å². The number of hydrogen-bond acceptors (Lipinski definition) is 2. The molecule has 34 heavy (non-hydrogen) atoms. The molecule has 0 radical (unpaired) electrons. The van der Waals surface area contributed by atoms with Crippen molar-refractivity contribution in [3.05, 3.63) is 84.9 Å². The molecule has 0 aliphatic rings. The predicted octanol–water partition coefficient (Wildman–Crippen LogP) is 8.75. The Morgan fingerprint density at radius 2 is 0.882 bits per heavy atom. The van der Waals surface area contributed by atoms with E-state index in [0.29, 0.717) is 0 Å². The van der Waals surface area contributed by atoms with Gasteiger partial charge < -0.3 is 18.8 Å². The number of furan rings is 2. The summed E-state index contributed by atoms with van der Waals surface area (Å²) in [7, 11) is 0. The highest BCUT2D eigenvalue weighted by molar-refractivity contribution is 6.31. The fourth-order valence-corrected chi connectivity index (χ4v) is 5.91. The standard InChI is InChI=1S/C30H16N2O2/c1-3-7-23-15(5-1)29-25(33-23)11-9-19-27(29)17-13-18-22(14-21(17)31-19)32-20-10-12-26-30(28(18)20)16-6-2-4-8-24(16)34-26/h1-14,31-32H. The molecular weight excluding hydrogens is 420 g/mol. The Hall–Kier alpha value is -4.70. The zero-order valence-electron chi connectivity index (χ0n) is 17.9. The highest BCUT2D eigenvalue weighted by Crippen LogP contribution is 2.42. The van der Waals surface area contributed by atoms with Crippen molar-refractivity contribution >= 4 is 87.5 Å². The summed E-state index contributed by atoms with van der Waals surface area (Å²) in [5, 5.41) is 9.43. The van der Waals surface area contributed by atoms with Crippen molar-refractivity contribution in [2.45, 2.75) is 0 Å². The molecule has 9 aromatic rings. The van der Waals surface area contributed by atoms with Crippen LogP contribution >= 0.6 is 0 Å². The molecule has 0 saturated heterocycles. The van der Waals surface area contributed by atoms with E-state index < -0.39 is 0 Å². The summed E-state index contributed by atoms with van der Waals surface area (Å²) in [6.45, 7) is 0. The van der Waals surface area contributed by atoms with E-state index in [4.69, 9.17) is 8.83 Å². The number of fused-ring (bicyclic) bond motifs is 14. The number of H-pyrrole nitrogens is 2. The molecule has 0 saturated carbocycles. The van der Waals surface area contributed by atoms with Gasteiger partial charge in [0.1, 0.15) is 22.3 Å². The van der Waals surface area contributed by atoms with Crippen LogP contribution in [-0.4, -0.2) is 9.97 Å². The number of hydrogen-bond donors (Lipinski definition) is 2. The zero-order valence-corrected chi connectivity index (χ0v) is 17.9. The van der Waals surface area contributed by atoms with Crippen LogP contribution in [0.2, 0.25) is 0 Å². The van der Waals surface area contributed by atoms with E-state index in [1.807, 2.05) is 24.3 Å². The molecule has 4 heterocycles. The Morgan fingerprint density at radius 3 is 1.41 bits per heavy atom. The van der Waals surface area contributed by atoms with Crippen LogP contribution in [0, 0.1) is 0 Å². The van der Waals surface area contributed by atoms with Crippen molar-refractivity contribution in [2.75, 3.05) is 0 Å². The minimum absolute atomic E-state index is 0.914. The van der Waals surface area contributed by atoms with E-state index >= 15 is 0 Å². The Bertz CT molecular complexity index is 2130. The molecule has 5 aromatic carbocycles. The third-order valence-electron chi connectivity index (χ3n) is 7.32. The topological polar surface area (TPSA) is 57.9 Å². The van der Waals surface area contributed by atoms with Crippen LogP contribution in [0.4, 0.5) is 0 Å². The molecule has 0 amide bonds. The number of para-hydroxylation sites is 2. The number of nitrogens with one attached hydrogen (secondary N) is 2. The molecule has 4 heteroatoms. The lowest BCUT2D eigenvalue weighted by Gasteiger charge is -1.98. The van der Waals surface area contributed by atoms with Gasteiger partial charge in [-0.3, -0.25) is 0 Å².